The Kier molecular flexibility index (Phi) is 9.71. The quantitative estimate of drug-likeness (QED) is 0.417. The van der Waals surface area contributed by atoms with Crippen LogP contribution in [0.3, 0.4) is 0 Å². The second kappa shape index (κ2) is 12.5. The number of benzene rings is 2. The first kappa shape index (κ1) is 23.3. The SMILES string of the molecule is CCCCCOc1ccc(C(=O)NNC(=O)COc2ccc(C(C)CC)cc2)cc1. The molecular formula is C24H32N2O4. The first-order valence-electron chi connectivity index (χ1n) is 10.6. The van der Waals surface area contributed by atoms with Gasteiger partial charge >= 0.3 is 0 Å². The minimum absolute atomic E-state index is 0.187. The number of hydrogen-bond donors (Lipinski definition) is 2. The number of unbranched alkanes of at least 4 members (excludes halogenated alkanes) is 2. The van der Waals surface area contributed by atoms with Gasteiger partial charge in [0.2, 0.25) is 0 Å². The number of amides is 2. The fourth-order valence-electron chi connectivity index (χ4n) is 2.76. The maximum Gasteiger partial charge on any atom is 0.276 e. The fourth-order valence-corrected chi connectivity index (χ4v) is 2.76. The number of carbonyl (C=O) groups excluding carboxylic acids is 2. The average Bonchev–Trinajstić information content (AvgIpc) is 2.79. The smallest absolute Gasteiger partial charge is 0.276 e. The number of nitrogens with one attached hydrogen (secondary N) is 2. The molecule has 0 heterocycles. The van der Waals surface area contributed by atoms with Gasteiger partial charge in [-0.1, -0.05) is 45.7 Å². The van der Waals surface area contributed by atoms with E-state index in [1.165, 1.54) is 5.56 Å². The molecular weight excluding hydrogens is 380 g/mol. The van der Waals surface area contributed by atoms with Crippen molar-refractivity contribution in [1.29, 1.82) is 0 Å². The molecule has 0 aliphatic heterocycles. The van der Waals surface area contributed by atoms with Crippen LogP contribution in [0.2, 0.25) is 0 Å². The summed E-state index contributed by atoms with van der Waals surface area (Å²) in [7, 11) is 0. The Bertz CT molecular complexity index is 788. The van der Waals surface area contributed by atoms with Crippen LogP contribution in [0.4, 0.5) is 0 Å². The van der Waals surface area contributed by atoms with Gasteiger partial charge in [-0.05, 0) is 60.7 Å². The van der Waals surface area contributed by atoms with Crippen molar-refractivity contribution in [2.75, 3.05) is 13.2 Å². The van der Waals surface area contributed by atoms with Crippen LogP contribution in [-0.2, 0) is 4.79 Å². The Hall–Kier alpha value is -3.02. The predicted molar refractivity (Wildman–Crippen MR) is 118 cm³/mol. The highest BCUT2D eigenvalue weighted by atomic mass is 16.5. The molecule has 2 N–H and O–H groups in total. The van der Waals surface area contributed by atoms with Gasteiger partial charge in [-0.15, -0.1) is 0 Å². The van der Waals surface area contributed by atoms with Crippen LogP contribution in [0.5, 0.6) is 11.5 Å². The summed E-state index contributed by atoms with van der Waals surface area (Å²) in [6, 6.07) is 14.5. The summed E-state index contributed by atoms with van der Waals surface area (Å²) in [5.74, 6) is 0.973. The van der Waals surface area contributed by atoms with E-state index in [0.717, 1.165) is 31.4 Å². The highest BCUT2D eigenvalue weighted by Crippen LogP contribution is 2.21. The van der Waals surface area contributed by atoms with Crippen LogP contribution in [0.15, 0.2) is 48.5 Å². The summed E-state index contributed by atoms with van der Waals surface area (Å²) < 4.78 is 11.1. The third-order valence-electron chi connectivity index (χ3n) is 4.88. The Morgan fingerprint density at radius 2 is 1.50 bits per heavy atom. The number of rotatable bonds is 11. The van der Waals surface area contributed by atoms with Crippen molar-refractivity contribution in [3.05, 3.63) is 59.7 Å². The maximum atomic E-state index is 12.2. The standard InChI is InChI=1S/C24H32N2O4/c1-4-6-7-16-29-21-14-10-20(11-15-21)24(28)26-25-23(27)17-30-22-12-8-19(9-13-22)18(3)5-2/h8-15,18H,4-7,16-17H2,1-3H3,(H,25,27)(H,26,28). The summed E-state index contributed by atoms with van der Waals surface area (Å²) in [6.07, 6.45) is 4.35. The monoisotopic (exact) mass is 412 g/mol. The van der Waals surface area contributed by atoms with E-state index in [2.05, 4.69) is 31.6 Å². The predicted octanol–water partition coefficient (Wildman–Crippen LogP) is 4.61. The molecule has 6 heteroatoms. The zero-order chi connectivity index (χ0) is 21.8. The molecule has 0 aromatic heterocycles. The van der Waals surface area contributed by atoms with Gasteiger partial charge in [0.1, 0.15) is 11.5 Å². The molecule has 0 bridgehead atoms. The van der Waals surface area contributed by atoms with Crippen LogP contribution in [0, 0.1) is 0 Å². The number of hydrazine groups is 1. The molecule has 0 radical (unpaired) electrons. The first-order valence-corrected chi connectivity index (χ1v) is 10.6. The van der Waals surface area contributed by atoms with Gasteiger partial charge in [0.25, 0.3) is 11.8 Å². The van der Waals surface area contributed by atoms with E-state index in [1.807, 2.05) is 24.3 Å². The van der Waals surface area contributed by atoms with Gasteiger partial charge < -0.3 is 9.47 Å². The molecule has 0 fully saturated rings. The number of ether oxygens (including phenoxy) is 2. The van der Waals surface area contributed by atoms with E-state index in [4.69, 9.17) is 9.47 Å². The van der Waals surface area contributed by atoms with Crippen molar-refractivity contribution in [3.63, 3.8) is 0 Å². The molecule has 2 aromatic rings. The van der Waals surface area contributed by atoms with E-state index < -0.39 is 11.8 Å². The van der Waals surface area contributed by atoms with Crippen molar-refractivity contribution in [3.8, 4) is 11.5 Å². The highest BCUT2D eigenvalue weighted by Gasteiger charge is 2.09. The molecule has 30 heavy (non-hydrogen) atoms. The summed E-state index contributed by atoms with van der Waals surface area (Å²) >= 11 is 0. The summed E-state index contributed by atoms with van der Waals surface area (Å²) in [6.45, 7) is 6.93. The lowest BCUT2D eigenvalue weighted by atomic mass is 9.99. The highest BCUT2D eigenvalue weighted by molar-refractivity contribution is 5.95. The fraction of sp³-hybridized carbons (Fsp3) is 0.417. The molecule has 2 aromatic carbocycles. The molecule has 2 amide bonds. The lowest BCUT2D eigenvalue weighted by molar-refractivity contribution is -0.123. The molecule has 0 saturated heterocycles. The average molecular weight is 413 g/mol. The van der Waals surface area contributed by atoms with Crippen molar-refractivity contribution in [2.45, 2.75) is 52.4 Å². The van der Waals surface area contributed by atoms with Crippen molar-refractivity contribution < 1.29 is 19.1 Å². The Labute approximate surface area is 178 Å². The van der Waals surface area contributed by atoms with Gasteiger partial charge in [0, 0.05) is 5.56 Å². The molecule has 6 nitrogen and oxygen atoms in total. The van der Waals surface area contributed by atoms with Crippen LogP contribution < -0.4 is 20.3 Å². The van der Waals surface area contributed by atoms with Gasteiger partial charge in [-0.3, -0.25) is 20.4 Å². The van der Waals surface area contributed by atoms with E-state index in [9.17, 15) is 9.59 Å². The molecule has 0 aliphatic carbocycles. The van der Waals surface area contributed by atoms with Crippen molar-refractivity contribution in [2.24, 2.45) is 0 Å². The van der Waals surface area contributed by atoms with Crippen LogP contribution in [-0.4, -0.2) is 25.0 Å². The summed E-state index contributed by atoms with van der Waals surface area (Å²) in [5, 5.41) is 0. The van der Waals surface area contributed by atoms with Crippen LogP contribution >= 0.6 is 0 Å². The van der Waals surface area contributed by atoms with E-state index in [1.54, 1.807) is 24.3 Å². The lowest BCUT2D eigenvalue weighted by Gasteiger charge is -2.11. The van der Waals surface area contributed by atoms with E-state index in [0.29, 0.717) is 23.8 Å². The molecule has 1 atom stereocenters. The number of carbonyl (C=O) groups is 2. The largest absolute Gasteiger partial charge is 0.494 e. The second-order valence-electron chi connectivity index (χ2n) is 7.25. The molecule has 0 saturated carbocycles. The Balaban J connectivity index is 1.71. The van der Waals surface area contributed by atoms with Crippen molar-refractivity contribution in [1.82, 2.24) is 10.9 Å². The number of hydrogen-bond acceptors (Lipinski definition) is 4. The third-order valence-corrected chi connectivity index (χ3v) is 4.88. The van der Waals surface area contributed by atoms with Crippen LogP contribution in [0.25, 0.3) is 0 Å². The van der Waals surface area contributed by atoms with Gasteiger partial charge in [-0.25, -0.2) is 0 Å². The van der Waals surface area contributed by atoms with Gasteiger partial charge in [0.15, 0.2) is 6.61 Å². The summed E-state index contributed by atoms with van der Waals surface area (Å²) in [4.78, 5) is 24.1. The molecule has 0 spiro atoms. The molecule has 1 unspecified atom stereocenters. The molecule has 162 valence electrons. The maximum absolute atomic E-state index is 12.2. The second-order valence-corrected chi connectivity index (χ2v) is 7.25. The minimum atomic E-state index is -0.440. The third kappa shape index (κ3) is 7.78. The van der Waals surface area contributed by atoms with Gasteiger partial charge in [0.05, 0.1) is 6.61 Å². The first-order chi connectivity index (χ1) is 14.5. The zero-order valence-electron chi connectivity index (χ0n) is 18.1. The van der Waals surface area contributed by atoms with E-state index in [-0.39, 0.29) is 6.61 Å². The molecule has 0 aliphatic rings. The van der Waals surface area contributed by atoms with Gasteiger partial charge in [-0.2, -0.15) is 0 Å². The minimum Gasteiger partial charge on any atom is -0.494 e. The zero-order valence-corrected chi connectivity index (χ0v) is 18.1. The topological polar surface area (TPSA) is 76.7 Å². The Morgan fingerprint density at radius 3 is 2.13 bits per heavy atom. The summed E-state index contributed by atoms with van der Waals surface area (Å²) in [5.41, 5.74) is 6.41. The normalized spacial score (nSPS) is 11.4. The van der Waals surface area contributed by atoms with Crippen molar-refractivity contribution >= 4 is 11.8 Å². The van der Waals surface area contributed by atoms with E-state index >= 15 is 0 Å². The molecule has 2 rings (SSSR count). The Morgan fingerprint density at radius 1 is 0.867 bits per heavy atom. The van der Waals surface area contributed by atoms with Crippen LogP contribution in [0.1, 0.15) is 68.3 Å². The lowest BCUT2D eigenvalue weighted by Crippen LogP contribution is -2.43.